The fraction of sp³-hybridized carbons (Fsp3) is 0.667. The van der Waals surface area contributed by atoms with E-state index in [4.69, 9.17) is 0 Å². The smallest absolute Gasteiger partial charge is 0.133 e. The summed E-state index contributed by atoms with van der Waals surface area (Å²) in [4.78, 5) is 11.0. The van der Waals surface area contributed by atoms with Gasteiger partial charge in [-0.2, -0.15) is 0 Å². The van der Waals surface area contributed by atoms with Crippen LogP contribution in [-0.4, -0.2) is 5.78 Å². The van der Waals surface area contributed by atoms with Crippen LogP contribution >= 0.6 is 0 Å². The highest BCUT2D eigenvalue weighted by molar-refractivity contribution is 5.79. The number of carbonyl (C=O) groups excluding carboxylic acids is 1. The van der Waals surface area contributed by atoms with Gasteiger partial charge in [-0.25, -0.2) is 0 Å². The molecule has 0 aromatic carbocycles. The summed E-state index contributed by atoms with van der Waals surface area (Å²) in [5.41, 5.74) is 1.38. The zero-order chi connectivity index (χ0) is 7.72. The molecule has 0 amide bonds. The summed E-state index contributed by atoms with van der Waals surface area (Å²) < 4.78 is 0. The Morgan fingerprint density at radius 2 is 2.30 bits per heavy atom. The second kappa shape index (κ2) is 2.57. The Bertz CT molecular complexity index is 179. The van der Waals surface area contributed by atoms with Crippen molar-refractivity contribution in [3.8, 4) is 0 Å². The molecule has 0 aromatic rings. The SMILES string of the molecule is CC(=O)C1CC=C(C)C1C. The van der Waals surface area contributed by atoms with E-state index >= 15 is 0 Å². The second-order valence-electron chi connectivity index (χ2n) is 3.19. The number of carbonyl (C=O) groups is 1. The van der Waals surface area contributed by atoms with Crippen molar-refractivity contribution in [2.24, 2.45) is 11.8 Å². The van der Waals surface area contributed by atoms with E-state index < -0.39 is 0 Å². The first-order valence-corrected chi connectivity index (χ1v) is 3.80. The maximum Gasteiger partial charge on any atom is 0.133 e. The number of Topliss-reactive ketones (excluding diaryl/α,β-unsaturated/α-hetero) is 1. The van der Waals surface area contributed by atoms with Gasteiger partial charge in [-0.3, -0.25) is 4.79 Å². The summed E-state index contributed by atoms with van der Waals surface area (Å²) in [6.07, 6.45) is 3.14. The lowest BCUT2D eigenvalue weighted by molar-refractivity contribution is -0.121. The van der Waals surface area contributed by atoms with E-state index in [-0.39, 0.29) is 5.92 Å². The van der Waals surface area contributed by atoms with Crippen LogP contribution in [0.4, 0.5) is 0 Å². The second-order valence-corrected chi connectivity index (χ2v) is 3.19. The van der Waals surface area contributed by atoms with Gasteiger partial charge in [-0.1, -0.05) is 18.6 Å². The van der Waals surface area contributed by atoms with E-state index in [2.05, 4.69) is 19.9 Å². The fourth-order valence-electron chi connectivity index (χ4n) is 1.54. The molecule has 1 rings (SSSR count). The molecule has 1 nitrogen and oxygen atoms in total. The molecule has 0 saturated heterocycles. The van der Waals surface area contributed by atoms with Crippen molar-refractivity contribution >= 4 is 5.78 Å². The highest BCUT2D eigenvalue weighted by Crippen LogP contribution is 2.31. The molecule has 2 atom stereocenters. The third kappa shape index (κ3) is 1.13. The van der Waals surface area contributed by atoms with Crippen molar-refractivity contribution < 1.29 is 4.79 Å². The van der Waals surface area contributed by atoms with Gasteiger partial charge in [0, 0.05) is 5.92 Å². The van der Waals surface area contributed by atoms with Crippen molar-refractivity contribution in [3.63, 3.8) is 0 Å². The van der Waals surface area contributed by atoms with Crippen LogP contribution in [0.5, 0.6) is 0 Å². The zero-order valence-electron chi connectivity index (χ0n) is 6.85. The first-order chi connectivity index (χ1) is 4.63. The van der Waals surface area contributed by atoms with Gasteiger partial charge in [-0.15, -0.1) is 0 Å². The highest BCUT2D eigenvalue weighted by atomic mass is 16.1. The van der Waals surface area contributed by atoms with E-state index in [1.807, 2.05) is 0 Å². The number of hydrogen-bond donors (Lipinski definition) is 0. The Morgan fingerprint density at radius 3 is 2.50 bits per heavy atom. The molecule has 0 aromatic heterocycles. The van der Waals surface area contributed by atoms with Crippen LogP contribution in [0.25, 0.3) is 0 Å². The van der Waals surface area contributed by atoms with Crippen molar-refractivity contribution in [3.05, 3.63) is 11.6 Å². The van der Waals surface area contributed by atoms with Crippen LogP contribution in [0, 0.1) is 11.8 Å². The molecule has 0 fully saturated rings. The minimum Gasteiger partial charge on any atom is -0.300 e. The maximum absolute atomic E-state index is 11.0. The quantitative estimate of drug-likeness (QED) is 0.507. The number of allylic oxidation sites excluding steroid dienone is 2. The van der Waals surface area contributed by atoms with E-state index in [1.165, 1.54) is 5.57 Å². The summed E-state index contributed by atoms with van der Waals surface area (Å²) in [5.74, 6) is 1.10. The van der Waals surface area contributed by atoms with E-state index in [1.54, 1.807) is 6.92 Å². The summed E-state index contributed by atoms with van der Waals surface area (Å²) in [6, 6.07) is 0. The lowest BCUT2D eigenvalue weighted by Crippen LogP contribution is -2.14. The van der Waals surface area contributed by atoms with Gasteiger partial charge in [-0.05, 0) is 26.2 Å². The Morgan fingerprint density at radius 1 is 1.70 bits per heavy atom. The monoisotopic (exact) mass is 138 g/mol. The predicted octanol–water partition coefficient (Wildman–Crippen LogP) is 2.18. The molecule has 0 bridgehead atoms. The largest absolute Gasteiger partial charge is 0.300 e. The average molecular weight is 138 g/mol. The van der Waals surface area contributed by atoms with E-state index in [9.17, 15) is 4.79 Å². The van der Waals surface area contributed by atoms with Gasteiger partial charge >= 0.3 is 0 Å². The Labute approximate surface area is 62.1 Å². The number of rotatable bonds is 1. The molecule has 0 N–H and O–H groups in total. The number of hydrogen-bond acceptors (Lipinski definition) is 1. The lowest BCUT2D eigenvalue weighted by Gasteiger charge is -2.12. The minimum absolute atomic E-state index is 0.278. The number of ketones is 1. The van der Waals surface area contributed by atoms with Gasteiger partial charge in [0.15, 0.2) is 0 Å². The Kier molecular flexibility index (Phi) is 1.93. The molecule has 0 radical (unpaired) electrons. The van der Waals surface area contributed by atoms with E-state index in [0.717, 1.165) is 6.42 Å². The molecular formula is C9H14O. The first-order valence-electron chi connectivity index (χ1n) is 3.80. The Hall–Kier alpha value is -0.590. The zero-order valence-corrected chi connectivity index (χ0v) is 6.85. The topological polar surface area (TPSA) is 17.1 Å². The summed E-state index contributed by atoms with van der Waals surface area (Å²) in [7, 11) is 0. The molecular weight excluding hydrogens is 124 g/mol. The van der Waals surface area contributed by atoms with Crippen LogP contribution in [0.3, 0.4) is 0 Å². The van der Waals surface area contributed by atoms with Crippen molar-refractivity contribution in [2.45, 2.75) is 27.2 Å². The maximum atomic E-state index is 11.0. The van der Waals surface area contributed by atoms with Gasteiger partial charge in [0.1, 0.15) is 5.78 Å². The van der Waals surface area contributed by atoms with Gasteiger partial charge in [0.2, 0.25) is 0 Å². The highest BCUT2D eigenvalue weighted by Gasteiger charge is 2.26. The van der Waals surface area contributed by atoms with Crippen LogP contribution in [0.2, 0.25) is 0 Å². The lowest BCUT2D eigenvalue weighted by atomic mass is 9.91. The molecule has 0 aliphatic heterocycles. The molecule has 1 heteroatoms. The fourth-order valence-corrected chi connectivity index (χ4v) is 1.54. The van der Waals surface area contributed by atoms with Gasteiger partial charge in [0.05, 0.1) is 0 Å². The predicted molar refractivity (Wildman–Crippen MR) is 41.7 cm³/mol. The molecule has 56 valence electrons. The summed E-state index contributed by atoms with van der Waals surface area (Å²) in [6.45, 7) is 5.92. The molecule has 1 aliphatic rings. The molecule has 0 spiro atoms. The Balaban J connectivity index is 2.65. The minimum atomic E-state index is 0.278. The summed E-state index contributed by atoms with van der Waals surface area (Å²) in [5, 5.41) is 0. The molecule has 0 heterocycles. The first kappa shape index (κ1) is 7.52. The third-order valence-electron chi connectivity index (χ3n) is 2.54. The molecule has 0 saturated carbocycles. The van der Waals surface area contributed by atoms with Crippen molar-refractivity contribution in [1.82, 2.24) is 0 Å². The molecule has 10 heavy (non-hydrogen) atoms. The standard InChI is InChI=1S/C9H14O/c1-6-4-5-9(7(6)2)8(3)10/h4,7,9H,5H2,1-3H3. The van der Waals surface area contributed by atoms with Crippen LogP contribution in [0.1, 0.15) is 27.2 Å². The molecule has 2 unspecified atom stereocenters. The normalized spacial score (nSPS) is 32.1. The van der Waals surface area contributed by atoms with Crippen molar-refractivity contribution in [1.29, 1.82) is 0 Å². The molecule has 1 aliphatic carbocycles. The van der Waals surface area contributed by atoms with Crippen LogP contribution < -0.4 is 0 Å². The van der Waals surface area contributed by atoms with Crippen molar-refractivity contribution in [2.75, 3.05) is 0 Å². The van der Waals surface area contributed by atoms with E-state index in [0.29, 0.717) is 11.7 Å². The van der Waals surface area contributed by atoms with Crippen LogP contribution in [0.15, 0.2) is 11.6 Å². The third-order valence-corrected chi connectivity index (χ3v) is 2.54. The van der Waals surface area contributed by atoms with Gasteiger partial charge in [0.25, 0.3) is 0 Å². The van der Waals surface area contributed by atoms with Gasteiger partial charge < -0.3 is 0 Å². The average Bonchev–Trinajstić information content (AvgIpc) is 2.14. The summed E-state index contributed by atoms with van der Waals surface area (Å²) >= 11 is 0. The van der Waals surface area contributed by atoms with Crippen LogP contribution in [-0.2, 0) is 4.79 Å².